The second-order valence-electron chi connectivity index (χ2n) is 8.41. The molecule has 190 valence electrons. The molecule has 2 aromatic carbocycles. The molecular formula is C29H31N5O3. The summed E-state index contributed by atoms with van der Waals surface area (Å²) in [6.45, 7) is 4.26. The van der Waals surface area contributed by atoms with Gasteiger partial charge in [0.15, 0.2) is 6.29 Å². The Balaban J connectivity index is 0.00000156. The predicted molar refractivity (Wildman–Crippen MR) is 146 cm³/mol. The molecule has 3 aromatic rings. The van der Waals surface area contributed by atoms with Gasteiger partial charge in [-0.2, -0.15) is 5.10 Å². The molecule has 5 rings (SSSR count). The smallest absolute Gasteiger partial charge is 0.247 e. The topological polar surface area (TPSA) is 111 Å². The molecule has 0 bridgehead atoms. The minimum absolute atomic E-state index is 0.101. The Hall–Kier alpha value is -4.43. The van der Waals surface area contributed by atoms with Crippen LogP contribution in [0.5, 0.6) is 11.5 Å². The zero-order valence-electron chi connectivity index (χ0n) is 20.8. The number of rotatable bonds is 7. The quantitative estimate of drug-likeness (QED) is 0.313. The molecule has 4 N–H and O–H groups in total. The van der Waals surface area contributed by atoms with Crippen LogP contribution in [0.15, 0.2) is 90.7 Å². The number of carbonyl (C=O) groups excluding carboxylic acids is 2. The number of para-hydroxylation sites is 1. The maximum absolute atomic E-state index is 12.2. The van der Waals surface area contributed by atoms with Crippen molar-refractivity contribution in [2.24, 2.45) is 5.73 Å². The number of ether oxygens (including phenoxy) is 1. The van der Waals surface area contributed by atoms with Gasteiger partial charge in [0.05, 0.1) is 11.6 Å². The first kappa shape index (κ1) is 25.7. The van der Waals surface area contributed by atoms with Crippen molar-refractivity contribution >= 4 is 18.0 Å². The van der Waals surface area contributed by atoms with Crippen molar-refractivity contribution in [1.29, 1.82) is 0 Å². The first-order valence-corrected chi connectivity index (χ1v) is 12.2. The minimum Gasteiger partial charge on any atom is -0.457 e. The summed E-state index contributed by atoms with van der Waals surface area (Å²) in [4.78, 5) is 24.2. The SMILES string of the molecule is C=CC(=O)NC1=C(C2CCNc3c(C=O)c(-c4ccc(Oc5ccccc5)cc4)nn32)C=CCC1.CN. The number of hydrogen-bond acceptors (Lipinski definition) is 6. The summed E-state index contributed by atoms with van der Waals surface area (Å²) in [6, 6.07) is 17.0. The zero-order chi connectivity index (χ0) is 26.2. The van der Waals surface area contributed by atoms with Gasteiger partial charge >= 0.3 is 0 Å². The summed E-state index contributed by atoms with van der Waals surface area (Å²) in [7, 11) is 1.50. The molecule has 0 fully saturated rings. The molecule has 1 amide bonds. The standard InChI is InChI=1S/C28H26N4O3.CH5N/c1-2-26(34)30-24-11-7-6-10-22(24)25-16-17-29-28-23(18-33)27(31-32(25)28)19-12-14-21(15-13-19)35-20-8-4-3-5-9-20;1-2/h2-6,8-10,12-15,18,25,29H,1,7,11,16-17H2,(H,30,34);2H2,1H3. The molecule has 8 nitrogen and oxygen atoms in total. The van der Waals surface area contributed by atoms with Crippen LogP contribution in [-0.4, -0.2) is 35.6 Å². The highest BCUT2D eigenvalue weighted by atomic mass is 16.5. The number of anilines is 1. The Morgan fingerprint density at radius 3 is 2.59 bits per heavy atom. The van der Waals surface area contributed by atoms with Crippen molar-refractivity contribution in [3.8, 4) is 22.8 Å². The van der Waals surface area contributed by atoms with Gasteiger partial charge in [0, 0.05) is 17.8 Å². The van der Waals surface area contributed by atoms with E-state index in [9.17, 15) is 9.59 Å². The fourth-order valence-electron chi connectivity index (χ4n) is 4.55. The summed E-state index contributed by atoms with van der Waals surface area (Å²) in [5, 5.41) is 11.2. The summed E-state index contributed by atoms with van der Waals surface area (Å²) in [6.07, 6.45) is 8.67. The van der Waals surface area contributed by atoms with E-state index >= 15 is 0 Å². The van der Waals surface area contributed by atoms with Crippen molar-refractivity contribution in [2.75, 3.05) is 18.9 Å². The van der Waals surface area contributed by atoms with Crippen molar-refractivity contribution in [3.05, 3.63) is 96.2 Å². The number of amides is 1. The van der Waals surface area contributed by atoms with Gasteiger partial charge < -0.3 is 21.1 Å². The molecule has 2 heterocycles. The molecule has 0 saturated heterocycles. The van der Waals surface area contributed by atoms with E-state index in [4.69, 9.17) is 9.84 Å². The fourth-order valence-corrected chi connectivity index (χ4v) is 4.55. The van der Waals surface area contributed by atoms with Crippen molar-refractivity contribution in [1.82, 2.24) is 15.1 Å². The number of nitrogens with one attached hydrogen (secondary N) is 2. The molecule has 0 radical (unpaired) electrons. The molecule has 1 aliphatic carbocycles. The number of benzene rings is 2. The van der Waals surface area contributed by atoms with E-state index in [2.05, 4.69) is 35.1 Å². The van der Waals surface area contributed by atoms with Crippen LogP contribution in [0, 0.1) is 0 Å². The van der Waals surface area contributed by atoms with Gasteiger partial charge in [-0.15, -0.1) is 0 Å². The highest BCUT2D eigenvalue weighted by molar-refractivity contribution is 5.92. The first-order chi connectivity index (χ1) is 18.2. The maximum atomic E-state index is 12.2. The number of nitrogens with zero attached hydrogens (tertiary/aromatic N) is 2. The summed E-state index contributed by atoms with van der Waals surface area (Å²) in [5.74, 6) is 1.92. The molecule has 0 spiro atoms. The predicted octanol–water partition coefficient (Wildman–Crippen LogP) is 4.99. The second-order valence-corrected chi connectivity index (χ2v) is 8.41. The minimum atomic E-state index is -0.227. The summed E-state index contributed by atoms with van der Waals surface area (Å²) in [5.41, 5.74) is 8.33. The summed E-state index contributed by atoms with van der Waals surface area (Å²) >= 11 is 0. The normalized spacial score (nSPS) is 16.0. The van der Waals surface area contributed by atoms with E-state index in [-0.39, 0.29) is 11.9 Å². The van der Waals surface area contributed by atoms with E-state index in [0.29, 0.717) is 29.4 Å². The van der Waals surface area contributed by atoms with Crippen molar-refractivity contribution in [2.45, 2.75) is 25.3 Å². The summed E-state index contributed by atoms with van der Waals surface area (Å²) < 4.78 is 7.77. The molecule has 37 heavy (non-hydrogen) atoms. The van der Waals surface area contributed by atoms with Gasteiger partial charge in [-0.1, -0.05) is 36.9 Å². The number of fused-ring (bicyclic) bond motifs is 1. The molecule has 2 aliphatic rings. The van der Waals surface area contributed by atoms with Crippen LogP contribution >= 0.6 is 0 Å². The maximum Gasteiger partial charge on any atom is 0.247 e. The van der Waals surface area contributed by atoms with Crippen LogP contribution < -0.4 is 21.1 Å². The zero-order valence-corrected chi connectivity index (χ0v) is 20.8. The average molecular weight is 498 g/mol. The van der Waals surface area contributed by atoms with E-state index in [1.807, 2.05) is 59.3 Å². The van der Waals surface area contributed by atoms with E-state index in [0.717, 1.165) is 48.1 Å². The van der Waals surface area contributed by atoms with Crippen LogP contribution in [0.25, 0.3) is 11.3 Å². The Morgan fingerprint density at radius 2 is 1.89 bits per heavy atom. The van der Waals surface area contributed by atoms with Crippen LogP contribution in [0.2, 0.25) is 0 Å². The highest BCUT2D eigenvalue weighted by Gasteiger charge is 2.30. The number of carbonyl (C=O) groups is 2. The molecule has 1 aromatic heterocycles. The lowest BCUT2D eigenvalue weighted by molar-refractivity contribution is -0.115. The second kappa shape index (κ2) is 12.0. The van der Waals surface area contributed by atoms with Gasteiger partial charge in [0.25, 0.3) is 0 Å². The Morgan fingerprint density at radius 1 is 1.16 bits per heavy atom. The van der Waals surface area contributed by atoms with Crippen LogP contribution in [-0.2, 0) is 4.79 Å². The van der Waals surface area contributed by atoms with Crippen LogP contribution in [0.3, 0.4) is 0 Å². The molecule has 0 saturated carbocycles. The van der Waals surface area contributed by atoms with E-state index in [1.165, 1.54) is 13.1 Å². The number of nitrogens with two attached hydrogens (primary N) is 1. The molecule has 8 heteroatoms. The third-order valence-electron chi connectivity index (χ3n) is 6.20. The lowest BCUT2D eigenvalue weighted by Gasteiger charge is -2.30. The van der Waals surface area contributed by atoms with Gasteiger partial charge in [-0.25, -0.2) is 4.68 Å². The van der Waals surface area contributed by atoms with E-state index in [1.54, 1.807) is 0 Å². The average Bonchev–Trinajstić information content (AvgIpc) is 3.34. The molecule has 1 unspecified atom stereocenters. The highest BCUT2D eigenvalue weighted by Crippen LogP contribution is 2.39. The Bertz CT molecular complexity index is 1320. The van der Waals surface area contributed by atoms with Gasteiger partial charge in [0.1, 0.15) is 23.0 Å². The van der Waals surface area contributed by atoms with Crippen LogP contribution in [0.4, 0.5) is 5.82 Å². The monoisotopic (exact) mass is 497 g/mol. The first-order valence-electron chi connectivity index (χ1n) is 12.2. The lowest BCUT2D eigenvalue weighted by Crippen LogP contribution is -2.29. The van der Waals surface area contributed by atoms with Gasteiger partial charge in [0.2, 0.25) is 5.91 Å². The van der Waals surface area contributed by atoms with Gasteiger partial charge in [-0.05, 0) is 74.4 Å². The van der Waals surface area contributed by atoms with Crippen molar-refractivity contribution in [3.63, 3.8) is 0 Å². The van der Waals surface area contributed by atoms with E-state index < -0.39 is 0 Å². The fraction of sp³-hybridized carbons (Fsp3) is 0.207. The number of aldehydes is 1. The molecular weight excluding hydrogens is 466 g/mol. The Kier molecular flexibility index (Phi) is 8.33. The third-order valence-corrected chi connectivity index (χ3v) is 6.20. The lowest BCUT2D eigenvalue weighted by atomic mass is 9.94. The number of hydrogen-bond donors (Lipinski definition) is 3. The largest absolute Gasteiger partial charge is 0.457 e. The van der Waals surface area contributed by atoms with Gasteiger partial charge in [-0.3, -0.25) is 9.59 Å². The molecule has 1 aliphatic heterocycles. The Labute approximate surface area is 216 Å². The molecule has 1 atom stereocenters. The third kappa shape index (κ3) is 5.54. The van der Waals surface area contributed by atoms with Crippen molar-refractivity contribution < 1.29 is 14.3 Å². The number of aromatic nitrogens is 2. The number of allylic oxidation sites excluding steroid dienone is 4. The van der Waals surface area contributed by atoms with Crippen LogP contribution in [0.1, 0.15) is 35.7 Å².